The number of aromatic hydroxyl groups is 1. The Kier molecular flexibility index (Phi) is 4.34. The molecule has 0 bridgehead atoms. The number of carbonyl (C=O) groups excluding carboxylic acids is 1. The maximum atomic E-state index is 12.2. The number of carbonyl (C=O) groups is 1. The third-order valence-corrected chi connectivity index (χ3v) is 4.25. The highest BCUT2D eigenvalue weighted by atomic mass is 127. The average molecular weight is 475 g/mol. The quantitative estimate of drug-likeness (QED) is 0.525. The first-order valence-corrected chi connectivity index (χ1v) is 7.39. The van der Waals surface area contributed by atoms with Crippen molar-refractivity contribution in [2.24, 2.45) is 0 Å². The molecule has 1 fully saturated rings. The van der Waals surface area contributed by atoms with E-state index in [1.54, 1.807) is 12.1 Å². The van der Waals surface area contributed by atoms with Gasteiger partial charge in [-0.2, -0.15) is 0 Å². The first kappa shape index (κ1) is 14.3. The molecule has 3 N–H and O–H groups in total. The van der Waals surface area contributed by atoms with Crippen molar-refractivity contribution in [3.05, 3.63) is 24.8 Å². The van der Waals surface area contributed by atoms with Gasteiger partial charge in [0.1, 0.15) is 5.75 Å². The van der Waals surface area contributed by atoms with Gasteiger partial charge < -0.3 is 20.2 Å². The van der Waals surface area contributed by atoms with Crippen LogP contribution in [0.1, 0.15) is 10.4 Å². The molecule has 1 heterocycles. The Hall–Kier alpha value is -0.130. The number of hydrogen-bond donors (Lipinski definition) is 3. The molecule has 1 aromatic carbocycles. The standard InChI is InChI=1S/C11H11I2NO4/c12-5-1-6(10(17)7(13)2-5)11(18)14-3-8(15)9(16)4-14/h1-2,8-9,15-17H,3-4H2/t8-,9+. The van der Waals surface area contributed by atoms with Crippen molar-refractivity contribution in [2.45, 2.75) is 12.2 Å². The number of aliphatic hydroxyl groups is 2. The van der Waals surface area contributed by atoms with Crippen LogP contribution in [0.5, 0.6) is 5.75 Å². The van der Waals surface area contributed by atoms with Crippen molar-refractivity contribution in [1.82, 2.24) is 4.90 Å². The molecule has 5 nitrogen and oxygen atoms in total. The number of halogens is 2. The minimum atomic E-state index is -0.919. The molecular formula is C11H11I2NO4. The van der Waals surface area contributed by atoms with Crippen LogP contribution in [0.2, 0.25) is 0 Å². The lowest BCUT2D eigenvalue weighted by atomic mass is 10.2. The predicted molar refractivity (Wildman–Crippen MR) is 81.5 cm³/mol. The molecule has 0 unspecified atom stereocenters. The number of amides is 1. The summed E-state index contributed by atoms with van der Waals surface area (Å²) in [5.74, 6) is -0.434. The molecule has 1 aliphatic heterocycles. The fourth-order valence-electron chi connectivity index (χ4n) is 1.83. The Morgan fingerprint density at radius 1 is 1.22 bits per heavy atom. The molecular weight excluding hydrogens is 464 g/mol. The zero-order valence-corrected chi connectivity index (χ0v) is 13.5. The highest BCUT2D eigenvalue weighted by Gasteiger charge is 2.34. The minimum Gasteiger partial charge on any atom is -0.506 e. The van der Waals surface area contributed by atoms with Crippen LogP contribution in [-0.4, -0.2) is 51.4 Å². The molecule has 7 heteroatoms. The van der Waals surface area contributed by atoms with Gasteiger partial charge in [0.05, 0.1) is 21.3 Å². The first-order chi connectivity index (χ1) is 8.40. The summed E-state index contributed by atoms with van der Waals surface area (Å²) >= 11 is 4.02. The Labute approximate surface area is 131 Å². The van der Waals surface area contributed by atoms with Crippen molar-refractivity contribution in [3.8, 4) is 5.75 Å². The van der Waals surface area contributed by atoms with Crippen molar-refractivity contribution in [3.63, 3.8) is 0 Å². The predicted octanol–water partition coefficient (Wildman–Crippen LogP) is 0.779. The highest BCUT2D eigenvalue weighted by Crippen LogP contribution is 2.28. The van der Waals surface area contributed by atoms with Crippen LogP contribution in [-0.2, 0) is 0 Å². The number of phenols is 1. The van der Waals surface area contributed by atoms with Crippen LogP contribution in [0, 0.1) is 7.14 Å². The van der Waals surface area contributed by atoms with E-state index in [4.69, 9.17) is 0 Å². The maximum absolute atomic E-state index is 12.2. The average Bonchev–Trinajstić information content (AvgIpc) is 2.63. The summed E-state index contributed by atoms with van der Waals surface area (Å²) in [6.45, 7) is 0.170. The summed E-state index contributed by atoms with van der Waals surface area (Å²) in [7, 11) is 0. The molecule has 1 amide bonds. The SMILES string of the molecule is O=C(c1cc(I)cc(I)c1O)N1C[C@@H](O)[C@@H](O)C1. The number of β-amino-alcohol motifs (C(OH)–C–C–N with tert-alkyl or cyclic N) is 2. The summed E-state index contributed by atoms with van der Waals surface area (Å²) < 4.78 is 1.45. The van der Waals surface area contributed by atoms with E-state index < -0.39 is 12.2 Å². The van der Waals surface area contributed by atoms with Crippen LogP contribution < -0.4 is 0 Å². The molecule has 98 valence electrons. The Morgan fingerprint density at radius 3 is 2.33 bits per heavy atom. The lowest BCUT2D eigenvalue weighted by Gasteiger charge is -2.16. The van der Waals surface area contributed by atoms with Gasteiger partial charge in [-0.05, 0) is 57.3 Å². The van der Waals surface area contributed by atoms with Crippen LogP contribution in [0.3, 0.4) is 0 Å². The second-order valence-corrected chi connectivity index (χ2v) is 6.54. The second kappa shape index (κ2) is 5.47. The zero-order chi connectivity index (χ0) is 13.4. The maximum Gasteiger partial charge on any atom is 0.257 e. The second-order valence-electron chi connectivity index (χ2n) is 4.13. The number of likely N-dealkylation sites (tertiary alicyclic amines) is 1. The van der Waals surface area contributed by atoms with Gasteiger partial charge in [-0.3, -0.25) is 4.79 Å². The van der Waals surface area contributed by atoms with E-state index in [9.17, 15) is 20.1 Å². The number of aliphatic hydroxyl groups excluding tert-OH is 2. The van der Waals surface area contributed by atoms with E-state index in [1.807, 2.05) is 22.6 Å². The van der Waals surface area contributed by atoms with Crippen molar-refractivity contribution in [1.29, 1.82) is 0 Å². The van der Waals surface area contributed by atoms with Crippen LogP contribution in [0.4, 0.5) is 0 Å². The number of hydrogen-bond acceptors (Lipinski definition) is 4. The summed E-state index contributed by atoms with van der Waals surface area (Å²) in [6.07, 6.45) is -1.84. The Bertz CT molecular complexity index is 484. The third-order valence-electron chi connectivity index (χ3n) is 2.80. The van der Waals surface area contributed by atoms with Crippen LogP contribution in [0.15, 0.2) is 12.1 Å². The molecule has 2 atom stereocenters. The number of phenolic OH excluding ortho intramolecular Hbond substituents is 1. The molecule has 0 aromatic heterocycles. The molecule has 1 saturated heterocycles. The Morgan fingerprint density at radius 2 is 1.78 bits per heavy atom. The topological polar surface area (TPSA) is 81.0 Å². The van der Waals surface area contributed by atoms with Gasteiger partial charge >= 0.3 is 0 Å². The molecule has 18 heavy (non-hydrogen) atoms. The summed E-state index contributed by atoms with van der Waals surface area (Å²) in [5.41, 5.74) is 0.201. The molecule has 1 aromatic rings. The van der Waals surface area contributed by atoms with E-state index >= 15 is 0 Å². The van der Waals surface area contributed by atoms with Gasteiger partial charge in [-0.25, -0.2) is 0 Å². The normalized spacial score (nSPS) is 23.4. The number of nitrogens with zero attached hydrogens (tertiary/aromatic N) is 1. The van der Waals surface area contributed by atoms with E-state index in [2.05, 4.69) is 22.6 Å². The number of rotatable bonds is 1. The highest BCUT2D eigenvalue weighted by molar-refractivity contribution is 14.1. The van der Waals surface area contributed by atoms with E-state index in [-0.39, 0.29) is 30.3 Å². The summed E-state index contributed by atoms with van der Waals surface area (Å²) in [6, 6.07) is 3.36. The van der Waals surface area contributed by atoms with E-state index in [1.165, 1.54) is 4.90 Å². The van der Waals surface area contributed by atoms with E-state index in [0.717, 1.165) is 3.57 Å². The lowest BCUT2D eigenvalue weighted by Crippen LogP contribution is -2.30. The van der Waals surface area contributed by atoms with Crippen molar-refractivity contribution < 1.29 is 20.1 Å². The number of benzene rings is 1. The molecule has 0 radical (unpaired) electrons. The molecule has 0 spiro atoms. The van der Waals surface area contributed by atoms with Crippen LogP contribution in [0.25, 0.3) is 0 Å². The minimum absolute atomic E-state index is 0.0584. The first-order valence-electron chi connectivity index (χ1n) is 5.23. The van der Waals surface area contributed by atoms with Gasteiger partial charge in [-0.1, -0.05) is 0 Å². The molecule has 1 aliphatic rings. The van der Waals surface area contributed by atoms with Gasteiger partial charge in [0.15, 0.2) is 0 Å². The largest absolute Gasteiger partial charge is 0.506 e. The Balaban J connectivity index is 2.30. The van der Waals surface area contributed by atoms with Gasteiger partial charge in [0.2, 0.25) is 0 Å². The monoisotopic (exact) mass is 475 g/mol. The van der Waals surface area contributed by atoms with Gasteiger partial charge in [0.25, 0.3) is 5.91 Å². The smallest absolute Gasteiger partial charge is 0.257 e. The molecule has 2 rings (SSSR count). The van der Waals surface area contributed by atoms with Crippen molar-refractivity contribution in [2.75, 3.05) is 13.1 Å². The van der Waals surface area contributed by atoms with Gasteiger partial charge in [0, 0.05) is 16.7 Å². The van der Waals surface area contributed by atoms with Crippen LogP contribution >= 0.6 is 45.2 Å². The molecule has 0 saturated carbocycles. The summed E-state index contributed by atoms with van der Waals surface area (Å²) in [4.78, 5) is 13.5. The summed E-state index contributed by atoms with van der Waals surface area (Å²) in [5, 5.41) is 28.8. The van der Waals surface area contributed by atoms with Gasteiger partial charge in [-0.15, -0.1) is 0 Å². The third kappa shape index (κ3) is 2.73. The fraction of sp³-hybridized carbons (Fsp3) is 0.364. The molecule has 0 aliphatic carbocycles. The van der Waals surface area contributed by atoms with Crippen molar-refractivity contribution >= 4 is 51.1 Å². The lowest BCUT2D eigenvalue weighted by molar-refractivity contribution is 0.0572. The van der Waals surface area contributed by atoms with E-state index in [0.29, 0.717) is 3.57 Å². The zero-order valence-electron chi connectivity index (χ0n) is 9.18. The fourth-order valence-corrected chi connectivity index (χ4v) is 3.68.